The Balaban J connectivity index is 1.98. The Hall–Kier alpha value is -1.86. The van der Waals surface area contributed by atoms with E-state index in [4.69, 9.17) is 9.15 Å². The molecule has 0 bridgehead atoms. The summed E-state index contributed by atoms with van der Waals surface area (Å²) >= 11 is 1.57. The molecule has 0 aliphatic rings. The topological polar surface area (TPSA) is 67.6 Å². The summed E-state index contributed by atoms with van der Waals surface area (Å²) in [5.41, 5.74) is 0.876. The predicted molar refractivity (Wildman–Crippen MR) is 84.8 cm³/mol. The van der Waals surface area contributed by atoms with Crippen LogP contribution in [0.15, 0.2) is 28.2 Å². The van der Waals surface area contributed by atoms with E-state index in [1.807, 2.05) is 31.4 Å². The molecule has 0 saturated heterocycles. The molecule has 2 amide bonds. The minimum atomic E-state index is -0.161. The lowest BCUT2D eigenvalue weighted by molar-refractivity contribution is 0.141. The van der Waals surface area contributed by atoms with Gasteiger partial charge in [0.05, 0.1) is 36.2 Å². The van der Waals surface area contributed by atoms with Gasteiger partial charge in [0, 0.05) is 19.0 Å². The quantitative estimate of drug-likeness (QED) is 0.850. The summed E-state index contributed by atoms with van der Waals surface area (Å²) in [5, 5.41) is 5.92. The van der Waals surface area contributed by atoms with Gasteiger partial charge in [0.25, 0.3) is 0 Å². The number of carbonyl (C=O) groups is 1. The zero-order chi connectivity index (χ0) is 15.9. The van der Waals surface area contributed by atoms with Crippen LogP contribution in [0.4, 0.5) is 4.79 Å². The summed E-state index contributed by atoms with van der Waals surface area (Å²) in [4.78, 5) is 18.5. The van der Waals surface area contributed by atoms with Crippen LogP contribution in [-0.4, -0.2) is 36.2 Å². The van der Waals surface area contributed by atoms with Gasteiger partial charge in [0.15, 0.2) is 0 Å². The molecule has 2 aromatic rings. The summed E-state index contributed by atoms with van der Waals surface area (Å²) in [6.45, 7) is 5.24. The molecule has 0 spiro atoms. The van der Waals surface area contributed by atoms with E-state index in [-0.39, 0.29) is 12.1 Å². The van der Waals surface area contributed by atoms with Crippen LogP contribution >= 0.6 is 11.3 Å². The van der Waals surface area contributed by atoms with Gasteiger partial charge in [-0.1, -0.05) is 0 Å². The first kappa shape index (κ1) is 16.5. The number of nitrogens with one attached hydrogen (secondary N) is 1. The summed E-state index contributed by atoms with van der Waals surface area (Å²) in [7, 11) is 1.61. The van der Waals surface area contributed by atoms with Crippen LogP contribution < -0.4 is 5.32 Å². The van der Waals surface area contributed by atoms with Crippen molar-refractivity contribution in [2.75, 3.05) is 20.3 Å². The first-order valence-corrected chi connectivity index (χ1v) is 7.97. The number of furan rings is 1. The van der Waals surface area contributed by atoms with Crippen molar-refractivity contribution < 1.29 is 13.9 Å². The van der Waals surface area contributed by atoms with E-state index in [1.54, 1.807) is 29.6 Å². The largest absolute Gasteiger partial charge is 0.467 e. The highest BCUT2D eigenvalue weighted by molar-refractivity contribution is 7.09. The molecule has 0 aliphatic heterocycles. The maximum atomic E-state index is 12.5. The molecular weight excluding hydrogens is 302 g/mol. The highest BCUT2D eigenvalue weighted by Crippen LogP contribution is 2.16. The predicted octanol–water partition coefficient (Wildman–Crippen LogP) is 2.96. The maximum absolute atomic E-state index is 12.5. The Morgan fingerprint density at radius 1 is 1.59 bits per heavy atom. The van der Waals surface area contributed by atoms with Crippen molar-refractivity contribution in [1.29, 1.82) is 0 Å². The van der Waals surface area contributed by atoms with Crippen molar-refractivity contribution in [1.82, 2.24) is 15.2 Å². The van der Waals surface area contributed by atoms with E-state index in [0.29, 0.717) is 19.7 Å². The molecule has 120 valence electrons. The molecule has 6 nitrogen and oxygen atoms in total. The number of methoxy groups -OCH3 is 1. The van der Waals surface area contributed by atoms with Gasteiger partial charge in [0.1, 0.15) is 5.76 Å². The number of hydrogen-bond acceptors (Lipinski definition) is 5. The van der Waals surface area contributed by atoms with Crippen LogP contribution in [0.25, 0.3) is 0 Å². The lowest BCUT2D eigenvalue weighted by Gasteiger charge is -2.23. The third kappa shape index (κ3) is 4.57. The molecule has 1 N–H and O–H groups in total. The Kier molecular flexibility index (Phi) is 5.97. The van der Waals surface area contributed by atoms with Crippen molar-refractivity contribution in [2.24, 2.45) is 0 Å². The first-order valence-electron chi connectivity index (χ1n) is 7.09. The zero-order valence-electron chi connectivity index (χ0n) is 13.0. The van der Waals surface area contributed by atoms with Crippen molar-refractivity contribution in [3.63, 3.8) is 0 Å². The average molecular weight is 323 g/mol. The molecule has 2 rings (SSSR count). The molecule has 0 radical (unpaired) electrons. The van der Waals surface area contributed by atoms with Crippen LogP contribution in [0, 0.1) is 6.92 Å². The fourth-order valence-corrected chi connectivity index (χ4v) is 2.68. The van der Waals surface area contributed by atoms with Crippen molar-refractivity contribution in [3.8, 4) is 0 Å². The summed E-state index contributed by atoms with van der Waals surface area (Å²) in [6.07, 6.45) is 1.60. The number of nitrogens with zero attached hydrogens (tertiary/aromatic N) is 2. The molecule has 7 heteroatoms. The molecule has 2 aromatic heterocycles. The molecule has 22 heavy (non-hydrogen) atoms. The van der Waals surface area contributed by atoms with Gasteiger partial charge in [-0.15, -0.1) is 11.3 Å². The normalized spacial score (nSPS) is 12.1. The van der Waals surface area contributed by atoms with Gasteiger partial charge in [0.2, 0.25) is 0 Å². The first-order chi connectivity index (χ1) is 10.6. The molecule has 2 heterocycles. The van der Waals surface area contributed by atoms with Crippen LogP contribution in [0.1, 0.15) is 29.4 Å². The number of aromatic nitrogens is 1. The highest BCUT2D eigenvalue weighted by Gasteiger charge is 2.19. The van der Waals surface area contributed by atoms with E-state index in [9.17, 15) is 4.79 Å². The Morgan fingerprint density at radius 2 is 2.41 bits per heavy atom. The van der Waals surface area contributed by atoms with Crippen molar-refractivity contribution in [3.05, 3.63) is 40.2 Å². The van der Waals surface area contributed by atoms with Crippen LogP contribution in [0.3, 0.4) is 0 Å². The molecular formula is C15H21N3O3S. The van der Waals surface area contributed by atoms with E-state index < -0.39 is 0 Å². The van der Waals surface area contributed by atoms with Gasteiger partial charge < -0.3 is 19.4 Å². The standard InChI is InChI=1S/C15H21N3O3S/c1-11(14-10-22-12(2)17-14)16-15(19)18(6-8-20-3)9-13-5-4-7-21-13/h4-5,7,10-11H,6,8-9H2,1-3H3,(H,16,19). The number of hydrogen-bond donors (Lipinski definition) is 1. The average Bonchev–Trinajstić information content (AvgIpc) is 3.14. The lowest BCUT2D eigenvalue weighted by Crippen LogP contribution is -2.42. The zero-order valence-corrected chi connectivity index (χ0v) is 13.9. The SMILES string of the molecule is COCCN(Cc1ccco1)C(=O)NC(C)c1csc(C)n1. The van der Waals surface area contributed by atoms with E-state index in [2.05, 4.69) is 10.3 Å². The fourth-order valence-electron chi connectivity index (χ4n) is 1.97. The third-order valence-electron chi connectivity index (χ3n) is 3.20. The maximum Gasteiger partial charge on any atom is 0.318 e. The summed E-state index contributed by atoms with van der Waals surface area (Å²) in [6, 6.07) is 3.36. The van der Waals surface area contributed by atoms with E-state index in [1.165, 1.54) is 0 Å². The minimum Gasteiger partial charge on any atom is -0.467 e. The second kappa shape index (κ2) is 7.95. The third-order valence-corrected chi connectivity index (χ3v) is 3.99. The second-order valence-electron chi connectivity index (χ2n) is 4.96. The van der Waals surface area contributed by atoms with Crippen LogP contribution in [0.5, 0.6) is 0 Å². The number of amides is 2. The number of thiazole rings is 1. The number of urea groups is 1. The highest BCUT2D eigenvalue weighted by atomic mass is 32.1. The van der Waals surface area contributed by atoms with Gasteiger partial charge in [-0.05, 0) is 26.0 Å². The molecule has 0 saturated carbocycles. The Bertz CT molecular complexity index is 583. The van der Waals surface area contributed by atoms with Gasteiger partial charge in [-0.2, -0.15) is 0 Å². The minimum absolute atomic E-state index is 0.140. The second-order valence-corrected chi connectivity index (χ2v) is 6.02. The number of rotatable bonds is 7. The molecule has 1 atom stereocenters. The van der Waals surface area contributed by atoms with Crippen LogP contribution in [-0.2, 0) is 11.3 Å². The fraction of sp³-hybridized carbons (Fsp3) is 0.467. The number of aryl methyl sites for hydroxylation is 1. The van der Waals surface area contributed by atoms with Gasteiger partial charge in [-0.3, -0.25) is 0 Å². The molecule has 0 fully saturated rings. The summed E-state index contributed by atoms with van der Waals surface area (Å²) < 4.78 is 10.4. The van der Waals surface area contributed by atoms with Crippen LogP contribution in [0.2, 0.25) is 0 Å². The van der Waals surface area contributed by atoms with E-state index >= 15 is 0 Å². The molecule has 0 aliphatic carbocycles. The lowest BCUT2D eigenvalue weighted by atomic mass is 10.2. The number of ether oxygens (including phenoxy) is 1. The Morgan fingerprint density at radius 3 is 3.00 bits per heavy atom. The van der Waals surface area contributed by atoms with Gasteiger partial charge in [-0.25, -0.2) is 9.78 Å². The van der Waals surface area contributed by atoms with E-state index in [0.717, 1.165) is 16.5 Å². The smallest absolute Gasteiger partial charge is 0.318 e. The van der Waals surface area contributed by atoms with Crippen molar-refractivity contribution in [2.45, 2.75) is 26.4 Å². The van der Waals surface area contributed by atoms with Crippen molar-refractivity contribution >= 4 is 17.4 Å². The Labute approximate surface area is 134 Å². The monoisotopic (exact) mass is 323 g/mol. The molecule has 1 unspecified atom stereocenters. The summed E-state index contributed by atoms with van der Waals surface area (Å²) in [5.74, 6) is 0.739. The number of carbonyl (C=O) groups excluding carboxylic acids is 1. The van der Waals surface area contributed by atoms with Gasteiger partial charge >= 0.3 is 6.03 Å². The molecule has 0 aromatic carbocycles.